The fraction of sp³-hybridized carbons (Fsp3) is 0.300. The number of benzene rings is 1. The number of carbonyl (C=O) groups is 1. The highest BCUT2D eigenvalue weighted by atomic mass is 35.5. The summed E-state index contributed by atoms with van der Waals surface area (Å²) in [7, 11) is 0. The van der Waals surface area contributed by atoms with Crippen LogP contribution in [0.25, 0.3) is 0 Å². The number of fused-ring (bicyclic) bond motifs is 1. The molecule has 1 aliphatic rings. The maximum Gasteiger partial charge on any atom is 0.420 e. The van der Waals surface area contributed by atoms with Crippen LogP contribution in [0.15, 0.2) is 12.1 Å². The van der Waals surface area contributed by atoms with Crippen molar-refractivity contribution in [2.24, 2.45) is 0 Å². The van der Waals surface area contributed by atoms with Crippen LogP contribution < -0.4 is 10.6 Å². The Balaban J connectivity index is 2.51. The maximum atomic E-state index is 13.2. The Morgan fingerprint density at radius 1 is 1.28 bits per heavy atom. The van der Waals surface area contributed by atoms with Crippen molar-refractivity contribution in [2.75, 3.05) is 10.6 Å². The topological polar surface area (TPSA) is 41.1 Å². The van der Waals surface area contributed by atoms with Crippen LogP contribution in [0.4, 0.5) is 28.9 Å². The van der Waals surface area contributed by atoms with Crippen LogP contribution in [-0.4, -0.2) is 17.6 Å². The molecule has 0 saturated heterocycles. The standard InChI is InChI=1S/C10H7ClF4N2O/c1-9(10(13,14)15)8(18)16-6-2-4(11)5(12)3-7(6)17-9/h2-3,17H,1H3,(H,16,18). The summed E-state index contributed by atoms with van der Waals surface area (Å²) in [6.07, 6.45) is -4.81. The second-order valence-corrected chi connectivity index (χ2v) is 4.42. The summed E-state index contributed by atoms with van der Waals surface area (Å²) in [4.78, 5) is 11.5. The van der Waals surface area contributed by atoms with Gasteiger partial charge >= 0.3 is 6.18 Å². The molecule has 3 nitrogen and oxygen atoms in total. The van der Waals surface area contributed by atoms with Crippen LogP contribution in [0.5, 0.6) is 0 Å². The van der Waals surface area contributed by atoms with Crippen LogP contribution in [-0.2, 0) is 4.79 Å². The first-order chi connectivity index (χ1) is 8.15. The normalized spacial score (nSPS) is 23.1. The van der Waals surface area contributed by atoms with E-state index in [1.165, 1.54) is 0 Å². The molecule has 0 fully saturated rings. The second-order valence-electron chi connectivity index (χ2n) is 4.01. The van der Waals surface area contributed by atoms with Crippen LogP contribution in [0.1, 0.15) is 6.92 Å². The van der Waals surface area contributed by atoms with Crippen molar-refractivity contribution < 1.29 is 22.4 Å². The van der Waals surface area contributed by atoms with E-state index in [-0.39, 0.29) is 16.4 Å². The van der Waals surface area contributed by atoms with Gasteiger partial charge in [0.1, 0.15) is 5.82 Å². The number of hydrogen-bond donors (Lipinski definition) is 2. The molecule has 1 aromatic rings. The summed E-state index contributed by atoms with van der Waals surface area (Å²) in [6.45, 7) is 0.678. The van der Waals surface area contributed by atoms with Crippen molar-refractivity contribution in [3.63, 3.8) is 0 Å². The first-order valence-electron chi connectivity index (χ1n) is 4.80. The minimum absolute atomic E-state index is 0.00752. The van der Waals surface area contributed by atoms with Gasteiger partial charge in [-0.1, -0.05) is 11.6 Å². The lowest BCUT2D eigenvalue weighted by Crippen LogP contribution is -2.60. The number of alkyl halides is 3. The van der Waals surface area contributed by atoms with Gasteiger partial charge < -0.3 is 10.6 Å². The molecule has 2 N–H and O–H groups in total. The summed E-state index contributed by atoms with van der Waals surface area (Å²) in [5.41, 5.74) is -2.97. The summed E-state index contributed by atoms with van der Waals surface area (Å²) in [6, 6.07) is 1.86. The van der Waals surface area contributed by atoms with Crippen molar-refractivity contribution in [3.8, 4) is 0 Å². The molecule has 8 heteroatoms. The Morgan fingerprint density at radius 2 is 1.89 bits per heavy atom. The minimum atomic E-state index is -4.81. The van der Waals surface area contributed by atoms with Gasteiger partial charge in [0.15, 0.2) is 0 Å². The number of hydrogen-bond acceptors (Lipinski definition) is 2. The Hall–Kier alpha value is -1.50. The fourth-order valence-electron chi connectivity index (χ4n) is 1.53. The number of anilines is 2. The second kappa shape index (κ2) is 3.74. The average Bonchev–Trinajstić information content (AvgIpc) is 2.21. The van der Waals surface area contributed by atoms with E-state index in [0.717, 1.165) is 12.1 Å². The molecule has 0 spiro atoms. The number of rotatable bonds is 0. The Labute approximate surface area is 104 Å². The number of nitrogens with one attached hydrogen (secondary N) is 2. The van der Waals surface area contributed by atoms with Gasteiger partial charge in [-0.3, -0.25) is 4.79 Å². The van der Waals surface area contributed by atoms with Crippen LogP contribution in [0.2, 0.25) is 5.02 Å². The van der Waals surface area contributed by atoms with Crippen molar-refractivity contribution >= 4 is 28.9 Å². The molecule has 0 bridgehead atoms. The van der Waals surface area contributed by atoms with Gasteiger partial charge in [-0.15, -0.1) is 0 Å². The summed E-state index contributed by atoms with van der Waals surface area (Å²) < 4.78 is 51.6. The van der Waals surface area contributed by atoms with Gasteiger partial charge in [0.2, 0.25) is 5.54 Å². The Morgan fingerprint density at radius 3 is 2.44 bits per heavy atom. The third-order valence-electron chi connectivity index (χ3n) is 2.71. The monoisotopic (exact) mass is 282 g/mol. The summed E-state index contributed by atoms with van der Waals surface area (Å²) in [5.74, 6) is -2.14. The van der Waals surface area contributed by atoms with E-state index < -0.39 is 23.4 Å². The van der Waals surface area contributed by atoms with Gasteiger partial charge in [0.05, 0.1) is 16.4 Å². The third kappa shape index (κ3) is 1.78. The molecule has 1 unspecified atom stereocenters. The molecule has 0 radical (unpaired) electrons. The van der Waals surface area contributed by atoms with Crippen LogP contribution in [0.3, 0.4) is 0 Å². The third-order valence-corrected chi connectivity index (χ3v) is 3.00. The zero-order valence-electron chi connectivity index (χ0n) is 8.95. The highest BCUT2D eigenvalue weighted by molar-refractivity contribution is 6.31. The van der Waals surface area contributed by atoms with E-state index >= 15 is 0 Å². The van der Waals surface area contributed by atoms with Gasteiger partial charge in [-0.2, -0.15) is 13.2 Å². The number of halogens is 5. The van der Waals surface area contributed by atoms with E-state index in [2.05, 4.69) is 5.32 Å². The molecule has 0 saturated carbocycles. The molecule has 18 heavy (non-hydrogen) atoms. The molecule has 1 aliphatic heterocycles. The maximum absolute atomic E-state index is 13.2. The molecule has 1 amide bonds. The molecular weight excluding hydrogens is 276 g/mol. The van der Waals surface area contributed by atoms with Crippen molar-refractivity contribution in [1.29, 1.82) is 0 Å². The molecule has 0 aliphatic carbocycles. The van der Waals surface area contributed by atoms with Gasteiger partial charge in [-0.05, 0) is 13.0 Å². The predicted octanol–water partition coefficient (Wildman–Crippen LogP) is 3.16. The quantitative estimate of drug-likeness (QED) is 0.718. The molecule has 1 heterocycles. The number of carbonyl (C=O) groups excluding carboxylic acids is 1. The van der Waals surface area contributed by atoms with Gasteiger partial charge in [0.25, 0.3) is 5.91 Å². The summed E-state index contributed by atoms with van der Waals surface area (Å²) in [5, 5.41) is 3.76. The first-order valence-corrected chi connectivity index (χ1v) is 5.18. The zero-order valence-corrected chi connectivity index (χ0v) is 9.71. The molecule has 0 aromatic heterocycles. The van der Waals surface area contributed by atoms with E-state index in [1.807, 2.05) is 5.32 Å². The highest BCUT2D eigenvalue weighted by Crippen LogP contribution is 2.41. The molecule has 98 valence electrons. The smallest absolute Gasteiger partial charge is 0.362 e. The lowest BCUT2D eigenvalue weighted by Gasteiger charge is -2.37. The zero-order chi connectivity index (χ0) is 13.7. The van der Waals surface area contributed by atoms with Crippen molar-refractivity contribution in [3.05, 3.63) is 23.0 Å². The van der Waals surface area contributed by atoms with Crippen molar-refractivity contribution in [2.45, 2.75) is 18.6 Å². The lowest BCUT2D eigenvalue weighted by atomic mass is 9.96. The fourth-order valence-corrected chi connectivity index (χ4v) is 1.69. The van der Waals surface area contributed by atoms with Crippen LogP contribution in [0, 0.1) is 5.82 Å². The molecular formula is C10H7ClF4N2O. The SMILES string of the molecule is CC1(C(F)(F)F)Nc2cc(F)c(Cl)cc2NC1=O. The van der Waals surface area contributed by atoms with E-state index in [9.17, 15) is 22.4 Å². The lowest BCUT2D eigenvalue weighted by molar-refractivity contribution is -0.179. The predicted molar refractivity (Wildman–Crippen MR) is 58.1 cm³/mol. The van der Waals surface area contributed by atoms with Gasteiger partial charge in [-0.25, -0.2) is 4.39 Å². The van der Waals surface area contributed by atoms with E-state index in [4.69, 9.17) is 11.6 Å². The van der Waals surface area contributed by atoms with E-state index in [0.29, 0.717) is 6.92 Å². The minimum Gasteiger partial charge on any atom is -0.362 e. The molecule has 1 atom stereocenters. The van der Waals surface area contributed by atoms with Crippen molar-refractivity contribution in [1.82, 2.24) is 0 Å². The molecule has 2 rings (SSSR count). The Kier molecular flexibility index (Phi) is 2.69. The first kappa shape index (κ1) is 12.9. The highest BCUT2D eigenvalue weighted by Gasteiger charge is 2.58. The summed E-state index contributed by atoms with van der Waals surface area (Å²) >= 11 is 5.48. The largest absolute Gasteiger partial charge is 0.420 e. The van der Waals surface area contributed by atoms with Gasteiger partial charge in [0, 0.05) is 6.07 Å². The average molecular weight is 283 g/mol. The Bertz CT molecular complexity index is 531. The van der Waals surface area contributed by atoms with Crippen LogP contribution >= 0.6 is 11.6 Å². The number of amides is 1. The van der Waals surface area contributed by atoms with E-state index in [1.54, 1.807) is 0 Å². The molecule has 1 aromatic carbocycles.